The number of rotatable bonds is 8. The van der Waals surface area contributed by atoms with Gasteiger partial charge in [-0.05, 0) is 13.8 Å². The summed E-state index contributed by atoms with van der Waals surface area (Å²) in [4.78, 5) is 32.8. The van der Waals surface area contributed by atoms with Gasteiger partial charge in [0, 0.05) is 37.8 Å². The number of aromatic nitrogens is 3. The van der Waals surface area contributed by atoms with E-state index in [4.69, 9.17) is 10.00 Å². The molecule has 2 N–H and O–H groups in total. The van der Waals surface area contributed by atoms with E-state index >= 15 is 0 Å². The SMILES string of the molecule is Cc1c(N[C@@H](C)COCCC(=O)N2CCN(c3ncc(C#N)s3)CC2)cn[nH]c1=O. The number of nitrogens with zero attached hydrogens (tertiary/aromatic N) is 5. The minimum absolute atomic E-state index is 0.0254. The van der Waals surface area contributed by atoms with Gasteiger partial charge < -0.3 is 19.9 Å². The monoisotopic (exact) mass is 431 g/mol. The molecule has 0 aliphatic carbocycles. The van der Waals surface area contributed by atoms with Crippen molar-refractivity contribution in [1.29, 1.82) is 5.26 Å². The van der Waals surface area contributed by atoms with Crippen LogP contribution in [0.1, 0.15) is 23.8 Å². The molecule has 1 amide bonds. The lowest BCUT2D eigenvalue weighted by atomic mass is 10.2. The van der Waals surface area contributed by atoms with Crippen LogP contribution in [0, 0.1) is 18.3 Å². The molecule has 2 aromatic rings. The van der Waals surface area contributed by atoms with Crippen LogP contribution in [0.25, 0.3) is 0 Å². The Balaban J connectivity index is 1.34. The van der Waals surface area contributed by atoms with E-state index in [1.54, 1.807) is 19.3 Å². The van der Waals surface area contributed by atoms with Crippen LogP contribution in [0.15, 0.2) is 17.2 Å². The Morgan fingerprint density at radius 1 is 1.40 bits per heavy atom. The number of H-pyrrole nitrogens is 1. The first-order valence-electron chi connectivity index (χ1n) is 9.75. The van der Waals surface area contributed by atoms with E-state index in [1.807, 2.05) is 11.8 Å². The first kappa shape index (κ1) is 21.7. The Hall–Kier alpha value is -2.97. The molecule has 0 radical (unpaired) electrons. The molecule has 0 spiro atoms. The molecule has 1 saturated heterocycles. The number of anilines is 2. The number of ether oxygens (including phenoxy) is 1. The summed E-state index contributed by atoms with van der Waals surface area (Å²) in [6, 6.07) is 2.07. The van der Waals surface area contributed by atoms with Crippen LogP contribution >= 0.6 is 11.3 Å². The van der Waals surface area contributed by atoms with E-state index in [1.165, 1.54) is 11.3 Å². The van der Waals surface area contributed by atoms with E-state index in [9.17, 15) is 9.59 Å². The third-order valence-corrected chi connectivity index (χ3v) is 5.80. The zero-order valence-corrected chi connectivity index (χ0v) is 17.9. The molecule has 11 heteroatoms. The quantitative estimate of drug-likeness (QED) is 0.592. The maximum Gasteiger partial charge on any atom is 0.269 e. The highest BCUT2D eigenvalue weighted by molar-refractivity contribution is 7.16. The number of carbonyl (C=O) groups is 1. The van der Waals surface area contributed by atoms with Crippen molar-refractivity contribution in [2.45, 2.75) is 26.3 Å². The lowest BCUT2D eigenvalue weighted by Gasteiger charge is -2.34. The Morgan fingerprint density at radius 3 is 2.87 bits per heavy atom. The van der Waals surface area contributed by atoms with Crippen molar-refractivity contribution in [3.8, 4) is 6.07 Å². The molecule has 3 heterocycles. The highest BCUT2D eigenvalue weighted by Crippen LogP contribution is 2.23. The van der Waals surface area contributed by atoms with Gasteiger partial charge in [0.05, 0.1) is 37.7 Å². The van der Waals surface area contributed by atoms with Gasteiger partial charge in [-0.25, -0.2) is 10.1 Å². The van der Waals surface area contributed by atoms with Crippen molar-refractivity contribution >= 4 is 28.1 Å². The van der Waals surface area contributed by atoms with Crippen molar-refractivity contribution in [2.24, 2.45) is 0 Å². The molecule has 3 rings (SSSR count). The predicted molar refractivity (Wildman–Crippen MR) is 114 cm³/mol. The third-order valence-electron chi connectivity index (χ3n) is 4.84. The molecule has 0 saturated carbocycles. The van der Waals surface area contributed by atoms with Crippen molar-refractivity contribution in [3.63, 3.8) is 0 Å². The standard InChI is InChI=1S/C19H25N7O3S/c1-13(23-16-11-22-24-18(28)14(16)2)12-29-8-3-17(27)25-4-6-26(7-5-25)19-21-10-15(9-20)30-19/h10-11,13H,3-8,12H2,1-2H3,(H2,23,24,28)/t13-/m0/s1. The van der Waals surface area contributed by atoms with E-state index in [0.29, 0.717) is 61.9 Å². The van der Waals surface area contributed by atoms with Gasteiger partial charge in [0.15, 0.2) is 5.13 Å². The molecule has 160 valence electrons. The minimum atomic E-state index is -0.223. The van der Waals surface area contributed by atoms with E-state index < -0.39 is 0 Å². The molecule has 1 aliphatic rings. The van der Waals surface area contributed by atoms with Crippen molar-refractivity contribution < 1.29 is 9.53 Å². The predicted octanol–water partition coefficient (Wildman–Crippen LogP) is 0.962. The summed E-state index contributed by atoms with van der Waals surface area (Å²) in [5, 5.41) is 19.1. The first-order valence-corrected chi connectivity index (χ1v) is 10.6. The van der Waals surface area contributed by atoms with E-state index in [-0.39, 0.29) is 17.5 Å². The van der Waals surface area contributed by atoms with Crippen molar-refractivity contribution in [2.75, 3.05) is 49.6 Å². The lowest BCUT2D eigenvalue weighted by molar-refractivity contribution is -0.132. The summed E-state index contributed by atoms with van der Waals surface area (Å²) >= 11 is 1.37. The number of nitriles is 1. The van der Waals surface area contributed by atoms with Crippen LogP contribution in [0.4, 0.5) is 10.8 Å². The average molecular weight is 432 g/mol. The smallest absolute Gasteiger partial charge is 0.269 e. The summed E-state index contributed by atoms with van der Waals surface area (Å²) in [6.07, 6.45) is 3.48. The summed E-state index contributed by atoms with van der Waals surface area (Å²) < 4.78 is 5.64. The molecular weight excluding hydrogens is 406 g/mol. The molecular formula is C19H25N7O3S. The summed E-state index contributed by atoms with van der Waals surface area (Å²) in [5.41, 5.74) is 1.03. The maximum absolute atomic E-state index is 12.4. The Labute approximate surface area is 178 Å². The van der Waals surface area contributed by atoms with Gasteiger partial charge in [0.25, 0.3) is 5.56 Å². The number of thiazole rings is 1. The highest BCUT2D eigenvalue weighted by atomic mass is 32.1. The topological polar surface area (TPSA) is 127 Å². The highest BCUT2D eigenvalue weighted by Gasteiger charge is 2.22. The molecule has 1 atom stereocenters. The molecule has 30 heavy (non-hydrogen) atoms. The first-order chi connectivity index (χ1) is 14.5. The summed E-state index contributed by atoms with van der Waals surface area (Å²) in [6.45, 7) is 7.10. The molecule has 0 bridgehead atoms. The van der Waals surface area contributed by atoms with Gasteiger partial charge in [0.2, 0.25) is 5.91 Å². The van der Waals surface area contributed by atoms with E-state index in [2.05, 4.69) is 31.5 Å². The fourth-order valence-electron chi connectivity index (χ4n) is 3.10. The Kier molecular flexibility index (Phi) is 7.37. The van der Waals surface area contributed by atoms with Crippen molar-refractivity contribution in [1.82, 2.24) is 20.1 Å². The number of carbonyl (C=O) groups excluding carboxylic acids is 1. The average Bonchev–Trinajstić information content (AvgIpc) is 3.24. The van der Waals surface area contributed by atoms with Crippen LogP contribution in [0.5, 0.6) is 0 Å². The number of nitrogens with one attached hydrogen (secondary N) is 2. The van der Waals surface area contributed by atoms with Crippen LogP contribution in [0.2, 0.25) is 0 Å². The van der Waals surface area contributed by atoms with Crippen LogP contribution < -0.4 is 15.8 Å². The zero-order chi connectivity index (χ0) is 21.5. The molecule has 0 unspecified atom stereocenters. The number of hydrogen-bond donors (Lipinski definition) is 2. The Morgan fingerprint density at radius 2 is 2.17 bits per heavy atom. The van der Waals surface area contributed by atoms with Gasteiger partial charge in [-0.3, -0.25) is 9.59 Å². The fourth-order valence-corrected chi connectivity index (χ4v) is 3.86. The van der Waals surface area contributed by atoms with Gasteiger partial charge in [0.1, 0.15) is 10.9 Å². The number of hydrogen-bond acceptors (Lipinski definition) is 9. The molecule has 0 aromatic carbocycles. The van der Waals surface area contributed by atoms with E-state index in [0.717, 1.165) is 5.13 Å². The molecule has 2 aromatic heterocycles. The lowest BCUT2D eigenvalue weighted by Crippen LogP contribution is -2.49. The molecule has 1 aliphatic heterocycles. The van der Waals surface area contributed by atoms with Crippen LogP contribution in [0.3, 0.4) is 0 Å². The summed E-state index contributed by atoms with van der Waals surface area (Å²) in [7, 11) is 0. The van der Waals surface area contributed by atoms with Crippen molar-refractivity contribution in [3.05, 3.63) is 33.2 Å². The van der Waals surface area contributed by atoms with Crippen LogP contribution in [-0.4, -0.2) is 71.4 Å². The molecule has 1 fully saturated rings. The zero-order valence-electron chi connectivity index (χ0n) is 17.1. The number of amides is 1. The number of piperazine rings is 1. The number of aromatic amines is 1. The third kappa shape index (κ3) is 5.55. The fraction of sp³-hybridized carbons (Fsp3) is 0.526. The second-order valence-corrected chi connectivity index (χ2v) is 8.10. The minimum Gasteiger partial charge on any atom is -0.379 e. The normalized spacial score (nSPS) is 15.0. The van der Waals surface area contributed by atoms with Gasteiger partial charge >= 0.3 is 0 Å². The molecule has 10 nitrogen and oxygen atoms in total. The summed E-state index contributed by atoms with van der Waals surface area (Å²) in [5.74, 6) is 0.0711. The van der Waals surface area contributed by atoms with Crippen LogP contribution in [-0.2, 0) is 9.53 Å². The maximum atomic E-state index is 12.4. The second-order valence-electron chi connectivity index (χ2n) is 7.09. The van der Waals surface area contributed by atoms with Gasteiger partial charge in [-0.15, -0.1) is 0 Å². The van der Waals surface area contributed by atoms with Gasteiger partial charge in [-0.1, -0.05) is 11.3 Å². The largest absolute Gasteiger partial charge is 0.379 e. The second kappa shape index (κ2) is 10.2. The van der Waals surface area contributed by atoms with Gasteiger partial charge in [-0.2, -0.15) is 10.4 Å². The Bertz CT molecular complexity index is 960.